The van der Waals surface area contributed by atoms with Crippen molar-refractivity contribution in [3.8, 4) is 5.75 Å². The minimum Gasteiger partial charge on any atom is -0.497 e. The highest BCUT2D eigenvalue weighted by Crippen LogP contribution is 2.18. The van der Waals surface area contributed by atoms with Crippen molar-refractivity contribution in [3.63, 3.8) is 0 Å². The van der Waals surface area contributed by atoms with Crippen LogP contribution in [0.25, 0.3) is 0 Å². The average Bonchev–Trinajstić information content (AvgIpc) is 3.30. The number of nitrogens with zero attached hydrogens (tertiary/aromatic N) is 3. The van der Waals surface area contributed by atoms with E-state index in [0.29, 0.717) is 6.54 Å². The highest BCUT2D eigenvalue weighted by Gasteiger charge is 2.18. The van der Waals surface area contributed by atoms with Gasteiger partial charge in [0.1, 0.15) is 5.75 Å². The van der Waals surface area contributed by atoms with Crippen LogP contribution in [0.15, 0.2) is 72.9 Å². The molecule has 0 bridgehead atoms. The number of aliphatic hydroxyl groups is 1. The summed E-state index contributed by atoms with van der Waals surface area (Å²) in [6, 6.07) is 22.4. The number of hydrogen-bond donors (Lipinski definition) is 1. The first-order valence-electron chi connectivity index (χ1n) is 11.7. The molecule has 33 heavy (non-hydrogen) atoms. The van der Waals surface area contributed by atoms with Crippen LogP contribution in [0, 0.1) is 0 Å². The molecule has 1 fully saturated rings. The fourth-order valence-corrected chi connectivity index (χ4v) is 4.31. The van der Waals surface area contributed by atoms with E-state index in [1.807, 2.05) is 42.5 Å². The highest BCUT2D eigenvalue weighted by atomic mass is 16.5. The fourth-order valence-electron chi connectivity index (χ4n) is 4.31. The summed E-state index contributed by atoms with van der Waals surface area (Å²) in [4.78, 5) is 4.81. The summed E-state index contributed by atoms with van der Waals surface area (Å²) in [5.41, 5.74) is 3.40. The minimum absolute atomic E-state index is 0.516. The predicted octanol–water partition coefficient (Wildman–Crippen LogP) is 3.41. The number of benzene rings is 2. The average molecular weight is 450 g/mol. The van der Waals surface area contributed by atoms with E-state index in [1.54, 1.807) is 7.11 Å². The number of morpholine rings is 1. The van der Waals surface area contributed by atoms with Crippen molar-refractivity contribution in [1.82, 2.24) is 14.4 Å². The first-order valence-corrected chi connectivity index (χ1v) is 11.7. The van der Waals surface area contributed by atoms with E-state index in [-0.39, 0.29) is 0 Å². The van der Waals surface area contributed by atoms with Crippen molar-refractivity contribution in [2.75, 3.05) is 53.0 Å². The van der Waals surface area contributed by atoms with Crippen molar-refractivity contribution in [1.29, 1.82) is 0 Å². The second kappa shape index (κ2) is 12.0. The molecule has 4 rings (SSSR count). The van der Waals surface area contributed by atoms with Gasteiger partial charge < -0.3 is 19.1 Å². The molecule has 176 valence electrons. The van der Waals surface area contributed by atoms with Gasteiger partial charge in [0.2, 0.25) is 0 Å². The third kappa shape index (κ3) is 6.92. The summed E-state index contributed by atoms with van der Waals surface area (Å²) in [7, 11) is 1.70. The Hall–Kier alpha value is -2.64. The SMILES string of the molecule is COc1cccc(Cn2cccc2CN(CCN2CCOCC2)CC(O)c2ccccc2)c1. The third-order valence-corrected chi connectivity index (χ3v) is 6.25. The Kier molecular flexibility index (Phi) is 8.55. The zero-order chi connectivity index (χ0) is 22.9. The molecule has 1 aliphatic rings. The van der Waals surface area contributed by atoms with Gasteiger partial charge in [-0.15, -0.1) is 0 Å². The standard InChI is InChI=1S/C27H35N3O3/c1-32-26-11-5-7-23(19-26)20-30-12-6-10-25(30)21-29(14-13-28-15-17-33-18-16-28)22-27(31)24-8-3-2-4-9-24/h2-12,19,27,31H,13-18,20-22H2,1H3. The van der Waals surface area contributed by atoms with Gasteiger partial charge in [0.15, 0.2) is 0 Å². The maximum Gasteiger partial charge on any atom is 0.119 e. The Morgan fingerprint density at radius 3 is 2.64 bits per heavy atom. The van der Waals surface area contributed by atoms with Gasteiger partial charge in [-0.3, -0.25) is 9.80 Å². The van der Waals surface area contributed by atoms with Crippen LogP contribution in [0.4, 0.5) is 0 Å². The molecule has 0 spiro atoms. The molecular formula is C27H35N3O3. The second-order valence-electron chi connectivity index (χ2n) is 8.59. The second-order valence-corrected chi connectivity index (χ2v) is 8.59. The van der Waals surface area contributed by atoms with Crippen molar-refractivity contribution in [2.45, 2.75) is 19.2 Å². The summed E-state index contributed by atoms with van der Waals surface area (Å²) in [5.74, 6) is 0.874. The molecule has 1 atom stereocenters. The molecule has 1 N–H and O–H groups in total. The maximum atomic E-state index is 10.9. The van der Waals surface area contributed by atoms with E-state index in [4.69, 9.17) is 9.47 Å². The Morgan fingerprint density at radius 2 is 1.85 bits per heavy atom. The van der Waals surface area contributed by atoms with Crippen LogP contribution in [0.2, 0.25) is 0 Å². The lowest BCUT2D eigenvalue weighted by atomic mass is 10.1. The molecule has 1 saturated heterocycles. The Morgan fingerprint density at radius 1 is 1.03 bits per heavy atom. The molecule has 2 aromatic carbocycles. The number of ether oxygens (including phenoxy) is 2. The Balaban J connectivity index is 1.45. The smallest absolute Gasteiger partial charge is 0.119 e. The van der Waals surface area contributed by atoms with E-state index in [9.17, 15) is 5.11 Å². The van der Waals surface area contributed by atoms with Crippen LogP contribution in [-0.4, -0.2) is 72.5 Å². The van der Waals surface area contributed by atoms with Crippen molar-refractivity contribution in [2.24, 2.45) is 0 Å². The number of aliphatic hydroxyl groups excluding tert-OH is 1. The number of rotatable bonds is 11. The lowest BCUT2D eigenvalue weighted by Gasteiger charge is -2.31. The van der Waals surface area contributed by atoms with Gasteiger partial charge in [0.05, 0.1) is 26.4 Å². The first-order chi connectivity index (χ1) is 16.2. The molecule has 1 unspecified atom stereocenters. The van der Waals surface area contributed by atoms with Crippen LogP contribution in [0.5, 0.6) is 5.75 Å². The molecule has 6 nitrogen and oxygen atoms in total. The van der Waals surface area contributed by atoms with E-state index in [0.717, 1.165) is 63.8 Å². The van der Waals surface area contributed by atoms with Gasteiger partial charge in [0.25, 0.3) is 0 Å². The van der Waals surface area contributed by atoms with Crippen LogP contribution in [0.3, 0.4) is 0 Å². The Labute approximate surface area is 197 Å². The van der Waals surface area contributed by atoms with E-state index in [1.165, 1.54) is 11.3 Å². The fraction of sp³-hybridized carbons (Fsp3) is 0.407. The molecule has 0 aliphatic carbocycles. The molecule has 6 heteroatoms. The normalized spacial score (nSPS) is 15.6. The lowest BCUT2D eigenvalue weighted by molar-refractivity contribution is 0.0289. The van der Waals surface area contributed by atoms with Crippen LogP contribution in [-0.2, 0) is 17.8 Å². The predicted molar refractivity (Wildman–Crippen MR) is 130 cm³/mol. The number of hydrogen-bond acceptors (Lipinski definition) is 5. The summed E-state index contributed by atoms with van der Waals surface area (Å²) in [6.45, 7) is 7.59. The molecule has 1 aliphatic heterocycles. The summed E-state index contributed by atoms with van der Waals surface area (Å²) in [6.07, 6.45) is 1.61. The van der Waals surface area contributed by atoms with Gasteiger partial charge >= 0.3 is 0 Å². The zero-order valence-electron chi connectivity index (χ0n) is 19.5. The summed E-state index contributed by atoms with van der Waals surface area (Å²) in [5, 5.41) is 10.9. The van der Waals surface area contributed by atoms with Gasteiger partial charge in [-0.25, -0.2) is 0 Å². The topological polar surface area (TPSA) is 50.1 Å². The third-order valence-electron chi connectivity index (χ3n) is 6.25. The maximum absolute atomic E-state index is 10.9. The molecule has 0 amide bonds. The Bertz CT molecular complexity index is 970. The van der Waals surface area contributed by atoms with Gasteiger partial charge in [0, 0.05) is 57.7 Å². The molecule has 2 heterocycles. The molecule has 3 aromatic rings. The molecule has 1 aromatic heterocycles. The quantitative estimate of drug-likeness (QED) is 0.486. The lowest BCUT2D eigenvalue weighted by Crippen LogP contribution is -2.42. The minimum atomic E-state index is -0.516. The summed E-state index contributed by atoms with van der Waals surface area (Å²) >= 11 is 0. The summed E-state index contributed by atoms with van der Waals surface area (Å²) < 4.78 is 13.2. The van der Waals surface area contributed by atoms with Gasteiger partial charge in [-0.1, -0.05) is 42.5 Å². The van der Waals surface area contributed by atoms with Crippen LogP contribution < -0.4 is 4.74 Å². The largest absolute Gasteiger partial charge is 0.497 e. The van der Waals surface area contributed by atoms with Crippen molar-refractivity contribution in [3.05, 3.63) is 89.7 Å². The molecule has 0 radical (unpaired) electrons. The number of aromatic nitrogens is 1. The van der Waals surface area contributed by atoms with Crippen molar-refractivity contribution < 1.29 is 14.6 Å². The molecule has 0 saturated carbocycles. The van der Waals surface area contributed by atoms with Crippen LogP contribution >= 0.6 is 0 Å². The first kappa shape index (κ1) is 23.5. The van der Waals surface area contributed by atoms with Crippen molar-refractivity contribution >= 4 is 0 Å². The monoisotopic (exact) mass is 449 g/mol. The van der Waals surface area contributed by atoms with Gasteiger partial charge in [-0.05, 0) is 35.4 Å². The van der Waals surface area contributed by atoms with E-state index >= 15 is 0 Å². The molecular weight excluding hydrogens is 414 g/mol. The van der Waals surface area contributed by atoms with E-state index < -0.39 is 6.10 Å². The van der Waals surface area contributed by atoms with E-state index in [2.05, 4.69) is 44.8 Å². The highest BCUT2D eigenvalue weighted by molar-refractivity contribution is 5.29. The number of methoxy groups -OCH3 is 1. The van der Waals surface area contributed by atoms with Gasteiger partial charge in [-0.2, -0.15) is 0 Å². The van der Waals surface area contributed by atoms with Crippen LogP contribution in [0.1, 0.15) is 22.9 Å². The zero-order valence-corrected chi connectivity index (χ0v) is 19.5.